The van der Waals surface area contributed by atoms with Gasteiger partial charge in [-0.3, -0.25) is 4.79 Å². The number of carbonyl (C=O) groups excluding carboxylic acids is 1. The van der Waals surface area contributed by atoms with Crippen LogP contribution in [0.5, 0.6) is 0 Å². The molecular formula is C27H31ClN2O3. The molecule has 2 bridgehead atoms. The van der Waals surface area contributed by atoms with Crippen molar-refractivity contribution in [2.45, 2.75) is 49.2 Å². The zero-order valence-corrected chi connectivity index (χ0v) is 19.7. The standard InChI is InChI=1S/C27H31ClN2O3/c28-18-5-6-22-23-14-27(25(22)13-18,24-4-2-1-3-21(23)24)17-30-10-7-19(8-11-30)29-26(31)16-33-20-9-12-32-15-20/h1-6,13,19-20,23H,7-12,14-17H2,(H,29,31). The van der Waals surface area contributed by atoms with Crippen molar-refractivity contribution in [3.8, 4) is 0 Å². The van der Waals surface area contributed by atoms with Crippen molar-refractivity contribution in [3.63, 3.8) is 0 Å². The second-order valence-corrected chi connectivity index (χ2v) is 10.5. The maximum Gasteiger partial charge on any atom is 0.246 e. The lowest BCUT2D eigenvalue weighted by Crippen LogP contribution is -2.49. The molecule has 2 saturated heterocycles. The summed E-state index contributed by atoms with van der Waals surface area (Å²) in [6.45, 7) is 4.46. The normalized spacial score (nSPS) is 28.6. The molecule has 2 heterocycles. The Morgan fingerprint density at radius 2 is 1.94 bits per heavy atom. The molecule has 6 rings (SSSR count). The average molecular weight is 467 g/mol. The monoisotopic (exact) mass is 466 g/mol. The van der Waals surface area contributed by atoms with Crippen LogP contribution in [0.4, 0.5) is 0 Å². The lowest BCUT2D eigenvalue weighted by Gasteiger charge is -2.40. The predicted octanol–water partition coefficient (Wildman–Crippen LogP) is 3.86. The molecule has 5 nitrogen and oxygen atoms in total. The summed E-state index contributed by atoms with van der Waals surface area (Å²) in [5.74, 6) is 0.474. The highest BCUT2D eigenvalue weighted by molar-refractivity contribution is 6.30. The minimum atomic E-state index is -0.00846. The molecule has 2 aromatic carbocycles. The Morgan fingerprint density at radius 1 is 1.12 bits per heavy atom. The van der Waals surface area contributed by atoms with Crippen LogP contribution in [0.3, 0.4) is 0 Å². The van der Waals surface area contributed by atoms with E-state index in [1.54, 1.807) is 0 Å². The Balaban J connectivity index is 1.11. The van der Waals surface area contributed by atoms with Crippen molar-refractivity contribution in [1.82, 2.24) is 10.2 Å². The van der Waals surface area contributed by atoms with E-state index in [1.165, 1.54) is 22.3 Å². The van der Waals surface area contributed by atoms with Gasteiger partial charge in [0.1, 0.15) is 6.61 Å². The first-order valence-corrected chi connectivity index (χ1v) is 12.6. The van der Waals surface area contributed by atoms with E-state index in [9.17, 15) is 4.79 Å². The molecular weight excluding hydrogens is 436 g/mol. The third-order valence-electron chi connectivity index (χ3n) is 8.09. The van der Waals surface area contributed by atoms with E-state index in [0.717, 1.165) is 56.9 Å². The van der Waals surface area contributed by atoms with Crippen LogP contribution in [0.1, 0.15) is 53.9 Å². The van der Waals surface area contributed by atoms with E-state index in [1.807, 2.05) is 6.07 Å². The van der Waals surface area contributed by atoms with Crippen LogP contribution >= 0.6 is 11.6 Å². The van der Waals surface area contributed by atoms with Gasteiger partial charge >= 0.3 is 0 Å². The number of hydrogen-bond donors (Lipinski definition) is 1. The Bertz CT molecular complexity index is 1050. The second kappa shape index (κ2) is 8.70. The van der Waals surface area contributed by atoms with Crippen LogP contribution in [0.25, 0.3) is 0 Å². The van der Waals surface area contributed by atoms with Crippen LogP contribution in [-0.2, 0) is 19.7 Å². The highest BCUT2D eigenvalue weighted by atomic mass is 35.5. The molecule has 0 aromatic heterocycles. The number of benzene rings is 2. The summed E-state index contributed by atoms with van der Waals surface area (Å²) in [5, 5.41) is 4.00. The number of hydrogen-bond acceptors (Lipinski definition) is 4. The number of ether oxygens (including phenoxy) is 2. The molecule has 1 amide bonds. The number of piperidine rings is 1. The van der Waals surface area contributed by atoms with Gasteiger partial charge in [-0.15, -0.1) is 0 Å². The summed E-state index contributed by atoms with van der Waals surface area (Å²) in [7, 11) is 0. The van der Waals surface area contributed by atoms with Crippen LogP contribution in [-0.4, -0.2) is 62.4 Å². The number of fused-ring (bicyclic) bond motifs is 8. The van der Waals surface area contributed by atoms with Crippen LogP contribution < -0.4 is 5.32 Å². The fourth-order valence-electron chi connectivity index (χ4n) is 6.54. The maximum atomic E-state index is 12.3. The third kappa shape index (κ3) is 3.89. The fraction of sp³-hybridized carbons (Fsp3) is 0.519. The van der Waals surface area contributed by atoms with E-state index in [0.29, 0.717) is 12.5 Å². The van der Waals surface area contributed by atoms with Crippen molar-refractivity contribution in [1.29, 1.82) is 0 Å². The number of likely N-dealkylation sites (tertiary alicyclic amines) is 1. The van der Waals surface area contributed by atoms with E-state index in [4.69, 9.17) is 21.1 Å². The molecule has 3 atom stereocenters. The van der Waals surface area contributed by atoms with E-state index in [2.05, 4.69) is 46.6 Å². The minimum absolute atomic E-state index is 0.00846. The third-order valence-corrected chi connectivity index (χ3v) is 8.33. The molecule has 2 fully saturated rings. The van der Waals surface area contributed by atoms with Gasteiger partial charge in [0.25, 0.3) is 0 Å². The van der Waals surface area contributed by atoms with Gasteiger partial charge in [-0.2, -0.15) is 0 Å². The number of carbonyl (C=O) groups is 1. The van der Waals surface area contributed by atoms with Gasteiger partial charge in [0.15, 0.2) is 0 Å². The molecule has 2 aliphatic carbocycles. The Hall–Kier alpha value is -1.92. The maximum absolute atomic E-state index is 12.3. The van der Waals surface area contributed by atoms with E-state index >= 15 is 0 Å². The predicted molar refractivity (Wildman–Crippen MR) is 128 cm³/mol. The van der Waals surface area contributed by atoms with E-state index in [-0.39, 0.29) is 30.1 Å². The van der Waals surface area contributed by atoms with Gasteiger partial charge in [0, 0.05) is 48.6 Å². The van der Waals surface area contributed by atoms with Crippen molar-refractivity contribution >= 4 is 17.5 Å². The molecule has 174 valence electrons. The summed E-state index contributed by atoms with van der Waals surface area (Å²) >= 11 is 6.46. The zero-order chi connectivity index (χ0) is 22.4. The van der Waals surface area contributed by atoms with Crippen LogP contribution in [0.2, 0.25) is 5.02 Å². The highest BCUT2D eigenvalue weighted by Gasteiger charge is 2.53. The lowest BCUT2D eigenvalue weighted by molar-refractivity contribution is -0.128. The Morgan fingerprint density at radius 3 is 2.76 bits per heavy atom. The van der Waals surface area contributed by atoms with Crippen LogP contribution in [0.15, 0.2) is 42.5 Å². The van der Waals surface area contributed by atoms with Gasteiger partial charge in [-0.05, 0) is 60.1 Å². The molecule has 0 saturated carbocycles. The van der Waals surface area contributed by atoms with Crippen molar-refractivity contribution in [2.24, 2.45) is 0 Å². The molecule has 3 unspecified atom stereocenters. The summed E-state index contributed by atoms with van der Waals surface area (Å²) < 4.78 is 11.0. The lowest BCUT2D eigenvalue weighted by atomic mass is 9.74. The zero-order valence-electron chi connectivity index (χ0n) is 18.9. The van der Waals surface area contributed by atoms with Gasteiger partial charge < -0.3 is 19.7 Å². The number of nitrogens with zero attached hydrogens (tertiary/aromatic N) is 1. The summed E-state index contributed by atoms with van der Waals surface area (Å²) in [6, 6.07) is 15.7. The molecule has 4 aliphatic rings. The Labute approximate surface area is 200 Å². The smallest absolute Gasteiger partial charge is 0.246 e. The minimum Gasteiger partial charge on any atom is -0.379 e. The fourth-order valence-corrected chi connectivity index (χ4v) is 6.72. The first-order chi connectivity index (χ1) is 16.1. The molecule has 33 heavy (non-hydrogen) atoms. The van der Waals surface area contributed by atoms with Gasteiger partial charge in [0.2, 0.25) is 5.91 Å². The topological polar surface area (TPSA) is 50.8 Å². The average Bonchev–Trinajstić information content (AvgIpc) is 3.53. The number of halogens is 1. The number of nitrogens with one attached hydrogen (secondary N) is 1. The summed E-state index contributed by atoms with van der Waals surface area (Å²) in [5.41, 5.74) is 5.86. The van der Waals surface area contributed by atoms with Crippen molar-refractivity contribution in [2.75, 3.05) is 39.5 Å². The molecule has 0 spiro atoms. The van der Waals surface area contributed by atoms with Gasteiger partial charge in [0.05, 0.1) is 12.7 Å². The van der Waals surface area contributed by atoms with Crippen LogP contribution in [0, 0.1) is 0 Å². The number of amides is 1. The molecule has 6 heteroatoms. The molecule has 2 aromatic rings. The molecule has 2 aliphatic heterocycles. The second-order valence-electron chi connectivity index (χ2n) is 10.1. The first kappa shape index (κ1) is 21.6. The quantitative estimate of drug-likeness (QED) is 0.702. The van der Waals surface area contributed by atoms with E-state index < -0.39 is 0 Å². The SMILES string of the molecule is O=C(COC1CCOC1)NC1CCN(CC23CC(c4ccccc42)c2ccc(Cl)cc23)CC1. The first-order valence-electron chi connectivity index (χ1n) is 12.2. The molecule has 0 radical (unpaired) electrons. The largest absolute Gasteiger partial charge is 0.379 e. The van der Waals surface area contributed by atoms with Crippen molar-refractivity contribution < 1.29 is 14.3 Å². The highest BCUT2D eigenvalue weighted by Crippen LogP contribution is 2.60. The summed E-state index contributed by atoms with van der Waals surface area (Å²) in [4.78, 5) is 14.9. The van der Waals surface area contributed by atoms with Gasteiger partial charge in [-0.25, -0.2) is 0 Å². The van der Waals surface area contributed by atoms with Gasteiger partial charge in [-0.1, -0.05) is 41.9 Å². The molecule has 1 N–H and O–H groups in total. The Kier molecular flexibility index (Phi) is 5.69. The van der Waals surface area contributed by atoms with Crippen molar-refractivity contribution in [3.05, 3.63) is 69.7 Å². The number of rotatable bonds is 6. The summed E-state index contributed by atoms with van der Waals surface area (Å²) in [6.07, 6.45) is 4.04.